The van der Waals surface area contributed by atoms with Gasteiger partial charge >= 0.3 is 0 Å². The fourth-order valence-corrected chi connectivity index (χ4v) is 2.15. The molecule has 3 aromatic rings. The number of methoxy groups -OCH3 is 1. The van der Waals surface area contributed by atoms with E-state index in [9.17, 15) is 5.11 Å². The van der Waals surface area contributed by atoms with Gasteiger partial charge in [0.1, 0.15) is 23.6 Å². The largest absolute Gasteiger partial charge is 0.506 e. The van der Waals surface area contributed by atoms with Gasteiger partial charge in [-0.25, -0.2) is 9.97 Å². The van der Waals surface area contributed by atoms with Crippen LogP contribution < -0.4 is 10.1 Å². The molecule has 0 amide bonds. The van der Waals surface area contributed by atoms with Gasteiger partial charge < -0.3 is 15.2 Å². The number of rotatable bonds is 4. The second-order valence-corrected chi connectivity index (χ2v) is 4.63. The van der Waals surface area contributed by atoms with Gasteiger partial charge in [-0.2, -0.15) is 0 Å². The molecule has 0 radical (unpaired) electrons. The van der Waals surface area contributed by atoms with Crippen LogP contribution in [0.3, 0.4) is 0 Å². The maximum absolute atomic E-state index is 9.81. The standard InChI is InChI=1S/C17H15N3O2/c1-22-16-9-5-2-6-12(16)14-10-17(19-11-18-14)20-13-7-3-4-8-15(13)21/h2-11,21H,1H3,(H,18,19,20). The molecule has 0 unspecified atom stereocenters. The number of hydrogen-bond donors (Lipinski definition) is 2. The van der Waals surface area contributed by atoms with Gasteiger partial charge in [0, 0.05) is 11.6 Å². The zero-order valence-corrected chi connectivity index (χ0v) is 12.0. The molecule has 110 valence electrons. The van der Waals surface area contributed by atoms with Crippen molar-refractivity contribution in [2.75, 3.05) is 12.4 Å². The smallest absolute Gasteiger partial charge is 0.139 e. The Morgan fingerprint density at radius 3 is 2.59 bits per heavy atom. The highest BCUT2D eigenvalue weighted by molar-refractivity contribution is 5.71. The van der Waals surface area contributed by atoms with Gasteiger partial charge in [-0.3, -0.25) is 0 Å². The van der Waals surface area contributed by atoms with Gasteiger partial charge in [0.15, 0.2) is 0 Å². The Morgan fingerprint density at radius 2 is 1.77 bits per heavy atom. The molecule has 22 heavy (non-hydrogen) atoms. The van der Waals surface area contributed by atoms with Crippen molar-refractivity contribution < 1.29 is 9.84 Å². The number of hydrogen-bond acceptors (Lipinski definition) is 5. The lowest BCUT2D eigenvalue weighted by molar-refractivity contribution is 0.416. The van der Waals surface area contributed by atoms with Crippen LogP contribution in [-0.4, -0.2) is 22.2 Å². The topological polar surface area (TPSA) is 67.3 Å². The average molecular weight is 293 g/mol. The average Bonchev–Trinajstić information content (AvgIpc) is 2.57. The van der Waals surface area contributed by atoms with Crippen LogP contribution in [0.2, 0.25) is 0 Å². The van der Waals surface area contributed by atoms with E-state index in [0.29, 0.717) is 11.5 Å². The van der Waals surface area contributed by atoms with Crippen LogP contribution in [0.1, 0.15) is 0 Å². The number of para-hydroxylation sites is 3. The summed E-state index contributed by atoms with van der Waals surface area (Å²) >= 11 is 0. The van der Waals surface area contributed by atoms with Crippen LogP contribution in [0.4, 0.5) is 11.5 Å². The minimum Gasteiger partial charge on any atom is -0.506 e. The molecule has 0 atom stereocenters. The number of benzene rings is 2. The Labute approximate surface area is 128 Å². The second kappa shape index (κ2) is 6.13. The first-order chi connectivity index (χ1) is 10.8. The zero-order valence-electron chi connectivity index (χ0n) is 12.0. The van der Waals surface area contributed by atoms with Crippen LogP contribution in [0.15, 0.2) is 60.9 Å². The predicted molar refractivity (Wildman–Crippen MR) is 85.4 cm³/mol. The molecule has 0 aliphatic carbocycles. The Balaban J connectivity index is 1.95. The van der Waals surface area contributed by atoms with Gasteiger partial charge in [0.25, 0.3) is 0 Å². The summed E-state index contributed by atoms with van der Waals surface area (Å²) in [7, 11) is 1.63. The van der Waals surface area contributed by atoms with Crippen molar-refractivity contribution in [1.29, 1.82) is 0 Å². The highest BCUT2D eigenvalue weighted by atomic mass is 16.5. The molecule has 0 fully saturated rings. The second-order valence-electron chi connectivity index (χ2n) is 4.63. The molecule has 1 heterocycles. The minimum absolute atomic E-state index is 0.167. The van der Waals surface area contributed by atoms with Crippen molar-refractivity contribution in [2.24, 2.45) is 0 Å². The summed E-state index contributed by atoms with van der Waals surface area (Å²) in [6.07, 6.45) is 1.48. The molecule has 1 aromatic heterocycles. The van der Waals surface area contributed by atoms with Crippen molar-refractivity contribution in [3.8, 4) is 22.8 Å². The van der Waals surface area contributed by atoms with Gasteiger partial charge in [-0.05, 0) is 24.3 Å². The summed E-state index contributed by atoms with van der Waals surface area (Å²) in [5.41, 5.74) is 2.21. The third-order valence-corrected chi connectivity index (χ3v) is 3.22. The molecule has 5 heteroatoms. The quantitative estimate of drug-likeness (QED) is 0.719. The van der Waals surface area contributed by atoms with Crippen molar-refractivity contribution in [3.05, 3.63) is 60.9 Å². The first-order valence-electron chi connectivity index (χ1n) is 6.78. The van der Waals surface area contributed by atoms with Gasteiger partial charge in [0.05, 0.1) is 18.5 Å². The Kier molecular flexibility index (Phi) is 3.87. The maximum atomic E-state index is 9.81. The van der Waals surface area contributed by atoms with Crippen LogP contribution in [0, 0.1) is 0 Å². The molecule has 0 saturated heterocycles. The summed E-state index contributed by atoms with van der Waals surface area (Å²) in [6, 6.07) is 16.5. The number of aromatic nitrogens is 2. The monoisotopic (exact) mass is 293 g/mol. The fraction of sp³-hybridized carbons (Fsp3) is 0.0588. The lowest BCUT2D eigenvalue weighted by Crippen LogP contribution is -1.96. The molecule has 5 nitrogen and oxygen atoms in total. The van der Waals surface area contributed by atoms with Gasteiger partial charge in [0.2, 0.25) is 0 Å². The summed E-state index contributed by atoms with van der Waals surface area (Å²) in [5, 5.41) is 12.9. The van der Waals surface area contributed by atoms with E-state index in [1.807, 2.05) is 36.4 Å². The number of nitrogens with zero attached hydrogens (tertiary/aromatic N) is 2. The lowest BCUT2D eigenvalue weighted by Gasteiger charge is -2.10. The Hall–Kier alpha value is -3.08. The Morgan fingerprint density at radius 1 is 1.00 bits per heavy atom. The highest BCUT2D eigenvalue weighted by Gasteiger charge is 2.08. The molecule has 2 N–H and O–H groups in total. The van der Waals surface area contributed by atoms with Crippen molar-refractivity contribution >= 4 is 11.5 Å². The van der Waals surface area contributed by atoms with E-state index in [-0.39, 0.29) is 5.75 Å². The number of ether oxygens (including phenoxy) is 1. The van der Waals surface area contributed by atoms with Crippen LogP contribution >= 0.6 is 0 Å². The van der Waals surface area contributed by atoms with E-state index < -0.39 is 0 Å². The summed E-state index contributed by atoms with van der Waals surface area (Å²) < 4.78 is 5.36. The van der Waals surface area contributed by atoms with E-state index in [0.717, 1.165) is 17.0 Å². The summed E-state index contributed by atoms with van der Waals surface area (Å²) in [6.45, 7) is 0. The molecule has 2 aromatic carbocycles. The molecule has 0 aliphatic heterocycles. The SMILES string of the molecule is COc1ccccc1-c1cc(Nc2ccccc2O)ncn1. The van der Waals surface area contributed by atoms with Crippen LogP contribution in [0.5, 0.6) is 11.5 Å². The number of nitrogens with one attached hydrogen (secondary N) is 1. The maximum Gasteiger partial charge on any atom is 0.139 e. The van der Waals surface area contributed by atoms with E-state index in [1.54, 1.807) is 25.3 Å². The van der Waals surface area contributed by atoms with E-state index in [1.165, 1.54) is 6.33 Å². The van der Waals surface area contributed by atoms with Gasteiger partial charge in [-0.15, -0.1) is 0 Å². The van der Waals surface area contributed by atoms with E-state index >= 15 is 0 Å². The molecular weight excluding hydrogens is 278 g/mol. The highest BCUT2D eigenvalue weighted by Crippen LogP contribution is 2.30. The summed E-state index contributed by atoms with van der Waals surface area (Å²) in [4.78, 5) is 8.47. The molecule has 0 bridgehead atoms. The third kappa shape index (κ3) is 2.83. The normalized spacial score (nSPS) is 10.2. The number of phenolic OH excluding ortho intramolecular Hbond substituents is 1. The fourth-order valence-electron chi connectivity index (χ4n) is 2.15. The third-order valence-electron chi connectivity index (χ3n) is 3.22. The lowest BCUT2D eigenvalue weighted by atomic mass is 10.1. The van der Waals surface area contributed by atoms with Crippen molar-refractivity contribution in [3.63, 3.8) is 0 Å². The summed E-state index contributed by atoms with van der Waals surface area (Å²) in [5.74, 6) is 1.51. The molecule has 0 aliphatic rings. The number of anilines is 2. The first kappa shape index (κ1) is 13.9. The molecule has 3 rings (SSSR count). The zero-order chi connectivity index (χ0) is 15.4. The van der Waals surface area contributed by atoms with Crippen molar-refractivity contribution in [1.82, 2.24) is 9.97 Å². The predicted octanol–water partition coefficient (Wildman–Crippen LogP) is 3.60. The number of phenols is 1. The molecule has 0 spiro atoms. The van der Waals surface area contributed by atoms with Gasteiger partial charge in [-0.1, -0.05) is 24.3 Å². The molecule has 0 saturated carbocycles. The van der Waals surface area contributed by atoms with Crippen LogP contribution in [0.25, 0.3) is 11.3 Å². The molecular formula is C17H15N3O2. The number of aromatic hydroxyl groups is 1. The Bertz CT molecular complexity index is 790. The van der Waals surface area contributed by atoms with E-state index in [4.69, 9.17) is 4.74 Å². The van der Waals surface area contributed by atoms with E-state index in [2.05, 4.69) is 15.3 Å². The first-order valence-corrected chi connectivity index (χ1v) is 6.78. The minimum atomic E-state index is 0.167. The van der Waals surface area contributed by atoms with Crippen molar-refractivity contribution in [2.45, 2.75) is 0 Å². The van der Waals surface area contributed by atoms with Crippen LogP contribution in [-0.2, 0) is 0 Å².